The van der Waals surface area contributed by atoms with E-state index >= 15 is 0 Å². The third kappa shape index (κ3) is 2.38. The fourth-order valence-electron chi connectivity index (χ4n) is 3.25. The van der Waals surface area contributed by atoms with Gasteiger partial charge in [-0.2, -0.15) is 0 Å². The number of nitrogens with one attached hydrogen (secondary N) is 1. The Morgan fingerprint density at radius 2 is 1.94 bits per heavy atom. The van der Waals surface area contributed by atoms with Gasteiger partial charge >= 0.3 is 0 Å². The molecule has 2 atom stereocenters. The fourth-order valence-corrected chi connectivity index (χ4v) is 3.25. The molecule has 1 aromatic rings. The summed E-state index contributed by atoms with van der Waals surface area (Å²) in [6, 6.07) is 7.23. The van der Waals surface area contributed by atoms with Crippen molar-refractivity contribution in [3.05, 3.63) is 34.9 Å². The Bertz CT molecular complexity index is 364. The maximum absolute atomic E-state index is 3.34. The highest BCUT2D eigenvalue weighted by atomic mass is 15.2. The van der Waals surface area contributed by atoms with Crippen molar-refractivity contribution in [2.75, 3.05) is 27.2 Å². The Morgan fingerprint density at radius 3 is 2.53 bits per heavy atom. The molecular formula is C15H24N2. The second-order valence-electron chi connectivity index (χ2n) is 5.34. The van der Waals surface area contributed by atoms with Crippen LogP contribution in [0, 0.1) is 19.8 Å². The Balaban J connectivity index is 2.36. The first-order valence-electron chi connectivity index (χ1n) is 6.56. The third-order valence-corrected chi connectivity index (χ3v) is 4.08. The summed E-state index contributed by atoms with van der Waals surface area (Å²) in [7, 11) is 4.31. The van der Waals surface area contributed by atoms with Crippen molar-refractivity contribution in [3.8, 4) is 0 Å². The van der Waals surface area contributed by atoms with Crippen LogP contribution in [0.5, 0.6) is 0 Å². The summed E-state index contributed by atoms with van der Waals surface area (Å²) in [6.45, 7) is 6.81. The molecule has 0 saturated carbocycles. The summed E-state index contributed by atoms with van der Waals surface area (Å²) in [6.07, 6.45) is 1.30. The first kappa shape index (κ1) is 12.6. The van der Waals surface area contributed by atoms with Crippen LogP contribution in [-0.4, -0.2) is 32.1 Å². The van der Waals surface area contributed by atoms with Gasteiger partial charge in [-0.25, -0.2) is 0 Å². The summed E-state index contributed by atoms with van der Waals surface area (Å²) in [5.41, 5.74) is 4.42. The standard InChI is InChI=1S/C15H24N2/c1-11-6-5-7-12(2)14(11)15-13(10-16-3)8-9-17(15)4/h5-7,13,15-16H,8-10H2,1-4H3. The molecule has 0 radical (unpaired) electrons. The molecule has 0 amide bonds. The number of benzene rings is 1. The highest BCUT2D eigenvalue weighted by molar-refractivity contribution is 5.37. The lowest BCUT2D eigenvalue weighted by Gasteiger charge is -2.28. The fraction of sp³-hybridized carbons (Fsp3) is 0.600. The van der Waals surface area contributed by atoms with Crippen LogP contribution in [0.3, 0.4) is 0 Å². The normalized spacial score (nSPS) is 25.4. The van der Waals surface area contributed by atoms with Gasteiger partial charge in [0.1, 0.15) is 0 Å². The zero-order chi connectivity index (χ0) is 12.4. The van der Waals surface area contributed by atoms with Crippen LogP contribution in [0.25, 0.3) is 0 Å². The van der Waals surface area contributed by atoms with E-state index in [1.165, 1.54) is 24.1 Å². The van der Waals surface area contributed by atoms with Crippen molar-refractivity contribution in [1.29, 1.82) is 0 Å². The summed E-state index contributed by atoms with van der Waals surface area (Å²) in [5, 5.41) is 3.34. The first-order chi connectivity index (χ1) is 8.15. The minimum absolute atomic E-state index is 0.587. The average Bonchev–Trinajstić information content (AvgIpc) is 2.62. The molecule has 1 saturated heterocycles. The molecule has 0 aromatic heterocycles. The van der Waals surface area contributed by atoms with Gasteiger partial charge < -0.3 is 5.32 Å². The topological polar surface area (TPSA) is 15.3 Å². The van der Waals surface area contributed by atoms with Crippen molar-refractivity contribution in [2.45, 2.75) is 26.3 Å². The lowest BCUT2D eigenvalue weighted by Crippen LogP contribution is -2.27. The lowest BCUT2D eigenvalue weighted by molar-refractivity contribution is 0.272. The van der Waals surface area contributed by atoms with E-state index in [2.05, 4.69) is 56.4 Å². The van der Waals surface area contributed by atoms with Gasteiger partial charge in [-0.3, -0.25) is 4.90 Å². The molecule has 2 nitrogen and oxygen atoms in total. The van der Waals surface area contributed by atoms with Gasteiger partial charge in [0.25, 0.3) is 0 Å². The van der Waals surface area contributed by atoms with Crippen LogP contribution in [0.2, 0.25) is 0 Å². The van der Waals surface area contributed by atoms with Crippen molar-refractivity contribution < 1.29 is 0 Å². The molecule has 1 heterocycles. The summed E-state index contributed by atoms with van der Waals surface area (Å²) in [4.78, 5) is 2.51. The molecule has 17 heavy (non-hydrogen) atoms. The molecule has 2 unspecified atom stereocenters. The van der Waals surface area contributed by atoms with Gasteiger partial charge in [-0.15, -0.1) is 0 Å². The van der Waals surface area contributed by atoms with E-state index in [9.17, 15) is 0 Å². The van der Waals surface area contributed by atoms with Crippen LogP contribution in [0.15, 0.2) is 18.2 Å². The number of rotatable bonds is 3. The zero-order valence-electron chi connectivity index (χ0n) is 11.5. The highest BCUT2D eigenvalue weighted by Crippen LogP contribution is 2.38. The summed E-state index contributed by atoms with van der Waals surface area (Å²) in [5.74, 6) is 0.741. The van der Waals surface area contributed by atoms with Gasteiger partial charge in [0, 0.05) is 6.04 Å². The van der Waals surface area contributed by atoms with Crippen LogP contribution < -0.4 is 5.32 Å². The molecule has 2 heteroatoms. The average molecular weight is 232 g/mol. The van der Waals surface area contributed by atoms with Crippen LogP contribution in [0.4, 0.5) is 0 Å². The minimum atomic E-state index is 0.587. The van der Waals surface area contributed by atoms with E-state index in [0.29, 0.717) is 6.04 Å². The quantitative estimate of drug-likeness (QED) is 0.861. The maximum Gasteiger partial charge on any atom is 0.0391 e. The summed E-state index contributed by atoms with van der Waals surface area (Å²) < 4.78 is 0. The predicted octanol–water partition coefficient (Wildman–Crippen LogP) is 2.52. The third-order valence-electron chi connectivity index (χ3n) is 4.08. The maximum atomic E-state index is 3.34. The van der Waals surface area contributed by atoms with Gasteiger partial charge in [0.05, 0.1) is 0 Å². The van der Waals surface area contributed by atoms with E-state index < -0.39 is 0 Å². The zero-order valence-corrected chi connectivity index (χ0v) is 11.5. The van der Waals surface area contributed by atoms with E-state index in [4.69, 9.17) is 0 Å². The molecule has 1 N–H and O–H groups in total. The minimum Gasteiger partial charge on any atom is -0.319 e. The summed E-state index contributed by atoms with van der Waals surface area (Å²) >= 11 is 0. The predicted molar refractivity (Wildman–Crippen MR) is 73.3 cm³/mol. The lowest BCUT2D eigenvalue weighted by atomic mass is 9.88. The van der Waals surface area contributed by atoms with Crippen molar-refractivity contribution in [1.82, 2.24) is 10.2 Å². The molecule has 1 aromatic carbocycles. The smallest absolute Gasteiger partial charge is 0.0391 e. The monoisotopic (exact) mass is 232 g/mol. The largest absolute Gasteiger partial charge is 0.319 e. The van der Waals surface area contributed by atoms with Crippen molar-refractivity contribution in [3.63, 3.8) is 0 Å². The Kier molecular flexibility index (Phi) is 3.85. The molecule has 1 fully saturated rings. The van der Waals surface area contributed by atoms with E-state index in [1.807, 2.05) is 0 Å². The van der Waals surface area contributed by atoms with Crippen molar-refractivity contribution >= 4 is 0 Å². The molecule has 0 aliphatic carbocycles. The highest BCUT2D eigenvalue weighted by Gasteiger charge is 2.33. The van der Waals surface area contributed by atoms with E-state index in [1.54, 1.807) is 5.56 Å². The van der Waals surface area contributed by atoms with Crippen LogP contribution in [0.1, 0.15) is 29.2 Å². The van der Waals surface area contributed by atoms with Crippen LogP contribution >= 0.6 is 0 Å². The van der Waals surface area contributed by atoms with E-state index in [-0.39, 0.29) is 0 Å². The number of likely N-dealkylation sites (tertiary alicyclic amines) is 1. The Morgan fingerprint density at radius 1 is 1.29 bits per heavy atom. The molecule has 94 valence electrons. The molecule has 1 aliphatic rings. The van der Waals surface area contributed by atoms with Gasteiger partial charge in [0.2, 0.25) is 0 Å². The number of nitrogens with zero attached hydrogens (tertiary/aromatic N) is 1. The Labute approximate surface area is 105 Å². The molecule has 0 spiro atoms. The SMILES string of the molecule is CNCC1CCN(C)C1c1c(C)cccc1C. The number of aryl methyl sites for hydroxylation is 2. The van der Waals surface area contributed by atoms with Gasteiger partial charge in [0.15, 0.2) is 0 Å². The molecule has 1 aliphatic heterocycles. The molecule has 0 bridgehead atoms. The second kappa shape index (κ2) is 5.19. The second-order valence-corrected chi connectivity index (χ2v) is 5.34. The van der Waals surface area contributed by atoms with Gasteiger partial charge in [-0.1, -0.05) is 18.2 Å². The molecule has 2 rings (SSSR count). The number of hydrogen-bond acceptors (Lipinski definition) is 2. The Hall–Kier alpha value is -0.860. The van der Waals surface area contributed by atoms with E-state index in [0.717, 1.165) is 12.5 Å². The van der Waals surface area contributed by atoms with Gasteiger partial charge in [-0.05, 0) is 70.1 Å². The van der Waals surface area contributed by atoms with Crippen LogP contribution in [-0.2, 0) is 0 Å². The molecular weight excluding hydrogens is 208 g/mol. The first-order valence-corrected chi connectivity index (χ1v) is 6.56. The number of hydrogen-bond donors (Lipinski definition) is 1. The van der Waals surface area contributed by atoms with Crippen molar-refractivity contribution in [2.24, 2.45) is 5.92 Å².